The first-order valence-electron chi connectivity index (χ1n) is 9.09. The van der Waals surface area contributed by atoms with Crippen LogP contribution in [0.2, 0.25) is 5.02 Å². The van der Waals surface area contributed by atoms with Crippen LogP contribution in [-0.4, -0.2) is 23.9 Å². The van der Waals surface area contributed by atoms with E-state index < -0.39 is 0 Å². The molecule has 0 unspecified atom stereocenters. The highest BCUT2D eigenvalue weighted by Gasteiger charge is 2.26. The summed E-state index contributed by atoms with van der Waals surface area (Å²) in [7, 11) is 0. The summed E-state index contributed by atoms with van der Waals surface area (Å²) in [6.07, 6.45) is 1.04. The van der Waals surface area contributed by atoms with Crippen LogP contribution >= 0.6 is 22.9 Å². The van der Waals surface area contributed by atoms with Crippen molar-refractivity contribution >= 4 is 28.8 Å². The minimum absolute atomic E-state index is 0.0642. The Morgan fingerprint density at radius 1 is 1.07 bits per heavy atom. The predicted octanol–water partition coefficient (Wildman–Crippen LogP) is 4.93. The third kappa shape index (κ3) is 4.24. The molecule has 0 radical (unpaired) electrons. The van der Waals surface area contributed by atoms with Crippen molar-refractivity contribution in [2.24, 2.45) is 0 Å². The zero-order valence-corrected chi connectivity index (χ0v) is 16.5. The summed E-state index contributed by atoms with van der Waals surface area (Å²) < 4.78 is 0. The molecule has 1 atom stereocenters. The van der Waals surface area contributed by atoms with Crippen molar-refractivity contribution in [1.29, 1.82) is 0 Å². The lowest BCUT2D eigenvalue weighted by atomic mass is 9.98. The average molecular weight is 397 g/mol. The first kappa shape index (κ1) is 18.2. The average Bonchev–Trinajstić information content (AvgIpc) is 3.23. The van der Waals surface area contributed by atoms with E-state index in [-0.39, 0.29) is 11.9 Å². The quantitative estimate of drug-likeness (QED) is 0.663. The van der Waals surface area contributed by atoms with E-state index in [2.05, 4.69) is 52.0 Å². The zero-order valence-electron chi connectivity index (χ0n) is 14.9. The second-order valence-corrected chi connectivity index (χ2v) is 8.15. The summed E-state index contributed by atoms with van der Waals surface area (Å²) in [4.78, 5) is 16.3. The number of fused-ring (bicyclic) bond motifs is 1. The van der Waals surface area contributed by atoms with Crippen molar-refractivity contribution in [2.75, 3.05) is 13.1 Å². The largest absolute Gasteiger partial charge is 0.350 e. The van der Waals surface area contributed by atoms with Crippen LogP contribution in [0.4, 0.5) is 0 Å². The van der Waals surface area contributed by atoms with Gasteiger partial charge in [0.1, 0.15) is 0 Å². The number of carbonyl (C=O) groups is 1. The molecule has 1 aromatic heterocycles. The smallest absolute Gasteiger partial charge is 0.251 e. The molecule has 3 aromatic rings. The van der Waals surface area contributed by atoms with Gasteiger partial charge in [-0.1, -0.05) is 41.9 Å². The SMILES string of the molecule is O=C(NC[C@H](c1cccs1)N1CCc2ccccc2C1)c1ccc(Cl)cc1. The molecular formula is C22H21ClN2OS. The number of hydrogen-bond donors (Lipinski definition) is 1. The fourth-order valence-corrected chi connectivity index (χ4v) is 4.55. The van der Waals surface area contributed by atoms with Crippen molar-refractivity contribution in [1.82, 2.24) is 10.2 Å². The molecule has 5 heteroatoms. The van der Waals surface area contributed by atoms with Gasteiger partial charge in [0.05, 0.1) is 6.04 Å². The molecule has 1 aliphatic rings. The van der Waals surface area contributed by atoms with Crippen LogP contribution in [0, 0.1) is 0 Å². The molecule has 1 amide bonds. The van der Waals surface area contributed by atoms with Gasteiger partial charge >= 0.3 is 0 Å². The van der Waals surface area contributed by atoms with E-state index in [0.29, 0.717) is 17.1 Å². The van der Waals surface area contributed by atoms with Crippen LogP contribution in [0.5, 0.6) is 0 Å². The van der Waals surface area contributed by atoms with Gasteiger partial charge in [0.25, 0.3) is 5.91 Å². The summed E-state index contributed by atoms with van der Waals surface area (Å²) in [6, 6.07) is 20.1. The van der Waals surface area contributed by atoms with E-state index >= 15 is 0 Å². The lowest BCUT2D eigenvalue weighted by Crippen LogP contribution is -2.40. The topological polar surface area (TPSA) is 32.3 Å². The number of carbonyl (C=O) groups excluding carboxylic acids is 1. The van der Waals surface area contributed by atoms with Gasteiger partial charge in [-0.15, -0.1) is 11.3 Å². The Bertz CT molecular complexity index is 908. The maximum atomic E-state index is 12.5. The van der Waals surface area contributed by atoms with Crippen molar-refractivity contribution in [3.8, 4) is 0 Å². The van der Waals surface area contributed by atoms with Crippen molar-refractivity contribution in [2.45, 2.75) is 19.0 Å². The standard InChI is InChI=1S/C22H21ClN2OS/c23-19-9-7-17(8-10-19)22(26)24-14-20(21-6-3-13-27-21)25-12-11-16-4-1-2-5-18(16)15-25/h1-10,13,20H,11-12,14-15H2,(H,24,26)/t20-/m1/s1. The predicted molar refractivity (Wildman–Crippen MR) is 111 cm³/mol. The van der Waals surface area contributed by atoms with Crippen LogP contribution in [0.15, 0.2) is 66.0 Å². The van der Waals surface area contributed by atoms with Gasteiger partial charge in [-0.3, -0.25) is 9.69 Å². The molecule has 4 rings (SSSR count). The Hall–Kier alpha value is -2.14. The van der Waals surface area contributed by atoms with E-state index in [0.717, 1.165) is 19.5 Å². The Kier molecular flexibility index (Phi) is 5.58. The number of hydrogen-bond acceptors (Lipinski definition) is 3. The van der Waals surface area contributed by atoms with Crippen LogP contribution in [-0.2, 0) is 13.0 Å². The van der Waals surface area contributed by atoms with Crippen LogP contribution in [0.25, 0.3) is 0 Å². The van der Waals surface area contributed by atoms with E-state index in [1.54, 1.807) is 35.6 Å². The molecule has 2 heterocycles. The molecule has 27 heavy (non-hydrogen) atoms. The molecule has 1 N–H and O–H groups in total. The minimum atomic E-state index is -0.0642. The molecular weight excluding hydrogens is 376 g/mol. The number of nitrogens with one attached hydrogen (secondary N) is 1. The van der Waals surface area contributed by atoms with Crippen molar-refractivity contribution in [3.05, 3.63) is 92.6 Å². The number of amides is 1. The normalized spacial score (nSPS) is 15.1. The summed E-state index contributed by atoms with van der Waals surface area (Å²) in [5.74, 6) is -0.0642. The monoisotopic (exact) mass is 396 g/mol. The molecule has 0 saturated heterocycles. The highest BCUT2D eigenvalue weighted by atomic mass is 35.5. The lowest BCUT2D eigenvalue weighted by Gasteiger charge is -2.35. The molecule has 3 nitrogen and oxygen atoms in total. The van der Waals surface area contributed by atoms with Gasteiger partial charge < -0.3 is 5.32 Å². The molecule has 138 valence electrons. The molecule has 0 bridgehead atoms. The van der Waals surface area contributed by atoms with Crippen LogP contribution in [0.1, 0.15) is 32.4 Å². The Morgan fingerprint density at radius 3 is 2.59 bits per heavy atom. The second kappa shape index (κ2) is 8.26. The Balaban J connectivity index is 1.49. The van der Waals surface area contributed by atoms with Crippen LogP contribution < -0.4 is 5.32 Å². The molecule has 0 aliphatic carbocycles. The van der Waals surface area contributed by atoms with Gasteiger partial charge in [-0.2, -0.15) is 0 Å². The maximum absolute atomic E-state index is 12.5. The molecule has 2 aromatic carbocycles. The van der Waals surface area contributed by atoms with Gasteiger partial charge in [0.15, 0.2) is 0 Å². The number of halogens is 1. The van der Waals surface area contributed by atoms with Crippen molar-refractivity contribution < 1.29 is 4.79 Å². The summed E-state index contributed by atoms with van der Waals surface area (Å²) >= 11 is 7.66. The summed E-state index contributed by atoms with van der Waals surface area (Å²) in [5.41, 5.74) is 3.45. The number of benzene rings is 2. The van der Waals surface area contributed by atoms with Gasteiger partial charge in [0, 0.05) is 35.1 Å². The van der Waals surface area contributed by atoms with Gasteiger partial charge in [0.2, 0.25) is 0 Å². The molecule has 0 spiro atoms. The number of nitrogens with zero attached hydrogens (tertiary/aromatic N) is 1. The summed E-state index contributed by atoms with van der Waals surface area (Å²) in [5, 5.41) is 5.84. The fourth-order valence-electron chi connectivity index (χ4n) is 3.57. The molecule has 1 aliphatic heterocycles. The third-order valence-electron chi connectivity index (χ3n) is 5.03. The highest BCUT2D eigenvalue weighted by Crippen LogP contribution is 2.30. The highest BCUT2D eigenvalue weighted by molar-refractivity contribution is 7.10. The first-order chi connectivity index (χ1) is 13.2. The van der Waals surface area contributed by atoms with E-state index in [9.17, 15) is 4.79 Å². The van der Waals surface area contributed by atoms with E-state index in [1.165, 1.54) is 16.0 Å². The lowest BCUT2D eigenvalue weighted by molar-refractivity contribution is 0.0929. The molecule has 0 fully saturated rings. The van der Waals surface area contributed by atoms with Gasteiger partial charge in [-0.25, -0.2) is 0 Å². The number of thiophene rings is 1. The maximum Gasteiger partial charge on any atom is 0.251 e. The Labute approximate surface area is 168 Å². The first-order valence-corrected chi connectivity index (χ1v) is 10.3. The van der Waals surface area contributed by atoms with Crippen LogP contribution in [0.3, 0.4) is 0 Å². The minimum Gasteiger partial charge on any atom is -0.350 e. The Morgan fingerprint density at radius 2 is 1.85 bits per heavy atom. The van der Waals surface area contributed by atoms with E-state index in [1.807, 2.05) is 0 Å². The van der Waals surface area contributed by atoms with Gasteiger partial charge in [-0.05, 0) is 53.3 Å². The zero-order chi connectivity index (χ0) is 18.6. The molecule has 0 saturated carbocycles. The second-order valence-electron chi connectivity index (χ2n) is 6.74. The fraction of sp³-hybridized carbons (Fsp3) is 0.227. The number of rotatable bonds is 5. The summed E-state index contributed by atoms with van der Waals surface area (Å²) in [6.45, 7) is 2.50. The van der Waals surface area contributed by atoms with E-state index in [4.69, 9.17) is 11.6 Å². The van der Waals surface area contributed by atoms with Crippen molar-refractivity contribution in [3.63, 3.8) is 0 Å². The third-order valence-corrected chi connectivity index (χ3v) is 6.26.